The Labute approximate surface area is 168 Å². The zero-order valence-corrected chi connectivity index (χ0v) is 16.0. The maximum absolute atomic E-state index is 12.1. The van der Waals surface area contributed by atoms with Gasteiger partial charge in [-0.2, -0.15) is 5.10 Å². The Bertz CT molecular complexity index is 971. The van der Waals surface area contributed by atoms with Crippen molar-refractivity contribution in [3.8, 4) is 11.1 Å². The lowest BCUT2D eigenvalue weighted by molar-refractivity contribution is 0.0185. The number of aliphatic hydroxyl groups excluding tert-OH is 2. The Morgan fingerprint density at radius 2 is 1.76 bits per heavy atom. The molecule has 1 amide bonds. The van der Waals surface area contributed by atoms with E-state index in [1.54, 1.807) is 13.2 Å². The Balaban J connectivity index is 1.34. The van der Waals surface area contributed by atoms with E-state index in [2.05, 4.69) is 34.7 Å². The molecule has 7 heteroatoms. The molecule has 7 nitrogen and oxygen atoms in total. The fourth-order valence-electron chi connectivity index (χ4n) is 3.76. The third kappa shape index (κ3) is 3.87. The van der Waals surface area contributed by atoms with E-state index >= 15 is 0 Å². The molecule has 0 saturated carbocycles. The molecule has 3 N–H and O–H groups in total. The van der Waals surface area contributed by atoms with Crippen molar-refractivity contribution in [2.45, 2.75) is 18.1 Å². The summed E-state index contributed by atoms with van der Waals surface area (Å²) < 4.78 is 6.95. The van der Waals surface area contributed by atoms with Crippen LogP contribution in [0.25, 0.3) is 11.1 Å². The van der Waals surface area contributed by atoms with E-state index < -0.39 is 18.3 Å². The normalized spacial score (nSPS) is 14.7. The number of carbonyl (C=O) groups is 1. The summed E-state index contributed by atoms with van der Waals surface area (Å²) in [5.41, 5.74) is 5.07. The molecule has 2 atom stereocenters. The zero-order valence-electron chi connectivity index (χ0n) is 16.0. The maximum Gasteiger partial charge on any atom is 0.407 e. The summed E-state index contributed by atoms with van der Waals surface area (Å²) in [6.45, 7) is 0.0633. The number of ether oxygens (including phenoxy) is 1. The molecule has 1 heterocycles. The fraction of sp³-hybridized carbons (Fsp3) is 0.273. The summed E-state index contributed by atoms with van der Waals surface area (Å²) in [5, 5.41) is 26.7. The second-order valence-electron chi connectivity index (χ2n) is 7.17. The number of aryl methyl sites for hydroxylation is 1. The molecule has 0 fully saturated rings. The minimum atomic E-state index is -1.17. The highest BCUT2D eigenvalue weighted by molar-refractivity contribution is 5.79. The maximum atomic E-state index is 12.1. The van der Waals surface area contributed by atoms with Crippen molar-refractivity contribution in [2.75, 3.05) is 13.2 Å². The van der Waals surface area contributed by atoms with Crippen LogP contribution in [0.5, 0.6) is 0 Å². The van der Waals surface area contributed by atoms with Crippen LogP contribution in [0, 0.1) is 0 Å². The van der Waals surface area contributed by atoms with Crippen LogP contribution < -0.4 is 5.32 Å². The SMILES string of the molecule is Cn1cc(C(O)C(O)CNC(=O)OCC2c3ccccc3-c3ccccc32)cn1. The first-order valence-corrected chi connectivity index (χ1v) is 9.48. The predicted molar refractivity (Wildman–Crippen MR) is 107 cm³/mol. The van der Waals surface area contributed by atoms with Gasteiger partial charge >= 0.3 is 6.09 Å². The number of aliphatic hydroxyl groups is 2. The molecule has 1 aliphatic rings. The number of nitrogens with one attached hydrogen (secondary N) is 1. The molecule has 150 valence electrons. The third-order valence-corrected chi connectivity index (χ3v) is 5.23. The molecule has 3 aromatic rings. The molecule has 2 aromatic carbocycles. The summed E-state index contributed by atoms with van der Waals surface area (Å²) in [7, 11) is 1.72. The van der Waals surface area contributed by atoms with Gasteiger partial charge in [-0.3, -0.25) is 4.68 Å². The molecule has 0 spiro atoms. The van der Waals surface area contributed by atoms with Gasteiger partial charge in [-0.05, 0) is 22.3 Å². The van der Waals surface area contributed by atoms with E-state index in [1.807, 2.05) is 24.3 Å². The Morgan fingerprint density at radius 3 is 2.34 bits per heavy atom. The molecule has 0 saturated heterocycles. The number of fused-ring (bicyclic) bond motifs is 3. The van der Waals surface area contributed by atoms with Gasteiger partial charge < -0.3 is 20.3 Å². The van der Waals surface area contributed by atoms with Crippen LogP contribution in [0.1, 0.15) is 28.7 Å². The number of benzene rings is 2. The van der Waals surface area contributed by atoms with E-state index in [9.17, 15) is 15.0 Å². The number of hydrogen-bond acceptors (Lipinski definition) is 5. The first-order valence-electron chi connectivity index (χ1n) is 9.48. The van der Waals surface area contributed by atoms with Crippen molar-refractivity contribution in [1.82, 2.24) is 15.1 Å². The van der Waals surface area contributed by atoms with Gasteiger partial charge in [-0.1, -0.05) is 48.5 Å². The first kappa shape index (κ1) is 19.2. The van der Waals surface area contributed by atoms with Crippen molar-refractivity contribution >= 4 is 6.09 Å². The van der Waals surface area contributed by atoms with Crippen LogP contribution >= 0.6 is 0 Å². The standard InChI is InChI=1S/C22H23N3O4/c1-25-12-14(10-24-25)21(27)20(26)11-23-22(28)29-13-19-17-8-4-2-6-15(17)16-7-3-5-9-18(16)19/h2-10,12,19-21,26-27H,11,13H2,1H3,(H,23,28). The van der Waals surface area contributed by atoms with E-state index in [4.69, 9.17) is 4.74 Å². The van der Waals surface area contributed by atoms with Gasteiger partial charge in [0.2, 0.25) is 0 Å². The quantitative estimate of drug-likeness (QED) is 0.597. The number of nitrogens with zero attached hydrogens (tertiary/aromatic N) is 2. The summed E-state index contributed by atoms with van der Waals surface area (Å²) in [5.74, 6) is -0.0287. The molecule has 4 rings (SSSR count). The molecule has 0 aliphatic heterocycles. The zero-order chi connectivity index (χ0) is 20.4. The minimum Gasteiger partial charge on any atom is -0.449 e. The average molecular weight is 393 g/mol. The number of hydrogen-bond donors (Lipinski definition) is 3. The minimum absolute atomic E-state index is 0.0287. The van der Waals surface area contributed by atoms with Gasteiger partial charge in [0.25, 0.3) is 0 Å². The number of alkyl carbamates (subject to hydrolysis) is 1. The number of carbonyl (C=O) groups excluding carboxylic acids is 1. The van der Waals surface area contributed by atoms with Crippen LogP contribution in [0.3, 0.4) is 0 Å². The van der Waals surface area contributed by atoms with Crippen molar-refractivity contribution in [2.24, 2.45) is 7.05 Å². The number of amides is 1. The predicted octanol–water partition coefficient (Wildman–Crippen LogP) is 2.35. The van der Waals surface area contributed by atoms with Gasteiger partial charge in [0.1, 0.15) is 18.8 Å². The second-order valence-corrected chi connectivity index (χ2v) is 7.17. The van der Waals surface area contributed by atoms with E-state index in [0.29, 0.717) is 5.56 Å². The van der Waals surface area contributed by atoms with Crippen molar-refractivity contribution < 1.29 is 19.7 Å². The number of aromatic nitrogens is 2. The Kier molecular flexibility index (Phi) is 5.33. The number of rotatable bonds is 6. The summed E-state index contributed by atoms with van der Waals surface area (Å²) in [4.78, 5) is 12.1. The molecule has 2 unspecified atom stereocenters. The molecule has 0 radical (unpaired) electrons. The second kappa shape index (κ2) is 8.06. The highest BCUT2D eigenvalue weighted by Gasteiger charge is 2.29. The van der Waals surface area contributed by atoms with E-state index in [0.717, 1.165) is 22.3 Å². The highest BCUT2D eigenvalue weighted by Crippen LogP contribution is 2.44. The lowest BCUT2D eigenvalue weighted by Crippen LogP contribution is -2.36. The van der Waals surface area contributed by atoms with Gasteiger partial charge in [-0.25, -0.2) is 4.79 Å². The lowest BCUT2D eigenvalue weighted by Gasteiger charge is -2.18. The smallest absolute Gasteiger partial charge is 0.407 e. The van der Waals surface area contributed by atoms with Crippen LogP contribution in [0.15, 0.2) is 60.9 Å². The third-order valence-electron chi connectivity index (χ3n) is 5.23. The van der Waals surface area contributed by atoms with E-state index in [-0.39, 0.29) is 19.1 Å². The fourth-order valence-corrected chi connectivity index (χ4v) is 3.76. The molecule has 1 aliphatic carbocycles. The molecule has 1 aromatic heterocycles. The molecular formula is C22H23N3O4. The molecule has 29 heavy (non-hydrogen) atoms. The monoisotopic (exact) mass is 393 g/mol. The topological polar surface area (TPSA) is 96.6 Å². The largest absolute Gasteiger partial charge is 0.449 e. The van der Waals surface area contributed by atoms with Crippen molar-refractivity contribution in [3.05, 3.63) is 77.6 Å². The molecular weight excluding hydrogens is 370 g/mol. The molecule has 0 bridgehead atoms. The summed E-state index contributed by atoms with van der Waals surface area (Å²) in [6, 6.07) is 16.2. The summed E-state index contributed by atoms with van der Waals surface area (Å²) >= 11 is 0. The van der Waals surface area contributed by atoms with Gasteiger partial charge in [0.05, 0.1) is 6.20 Å². The summed E-state index contributed by atoms with van der Waals surface area (Å²) in [6.07, 6.45) is 0.143. The van der Waals surface area contributed by atoms with Crippen LogP contribution in [-0.2, 0) is 11.8 Å². The van der Waals surface area contributed by atoms with Gasteiger partial charge in [-0.15, -0.1) is 0 Å². The Hall–Kier alpha value is -3.16. The Morgan fingerprint density at radius 1 is 1.14 bits per heavy atom. The average Bonchev–Trinajstić information content (AvgIpc) is 3.31. The van der Waals surface area contributed by atoms with Crippen LogP contribution in [0.2, 0.25) is 0 Å². The van der Waals surface area contributed by atoms with Crippen LogP contribution in [0.4, 0.5) is 4.79 Å². The van der Waals surface area contributed by atoms with Crippen molar-refractivity contribution in [3.63, 3.8) is 0 Å². The lowest BCUT2D eigenvalue weighted by atomic mass is 9.98. The van der Waals surface area contributed by atoms with Crippen molar-refractivity contribution in [1.29, 1.82) is 0 Å². The van der Waals surface area contributed by atoms with Gasteiger partial charge in [0, 0.05) is 31.3 Å². The first-order chi connectivity index (χ1) is 14.0. The van der Waals surface area contributed by atoms with E-state index in [1.165, 1.54) is 10.9 Å². The van der Waals surface area contributed by atoms with Crippen LogP contribution in [-0.4, -0.2) is 45.3 Å². The highest BCUT2D eigenvalue weighted by atomic mass is 16.5. The van der Waals surface area contributed by atoms with Gasteiger partial charge in [0.15, 0.2) is 0 Å².